The molecule has 0 N–H and O–H groups in total. The molecule has 144 valence electrons. The van der Waals surface area contributed by atoms with Gasteiger partial charge in [0.25, 0.3) is 5.91 Å². The average molecular weight is 426 g/mol. The molecule has 0 aliphatic rings. The highest BCUT2D eigenvalue weighted by atomic mass is 35.5. The van der Waals surface area contributed by atoms with Gasteiger partial charge >= 0.3 is 0 Å². The molecule has 3 aromatic rings. The Morgan fingerprint density at radius 1 is 1.15 bits per heavy atom. The predicted molar refractivity (Wildman–Crippen MR) is 115 cm³/mol. The first kappa shape index (κ1) is 21.6. The van der Waals surface area contributed by atoms with E-state index in [0.717, 1.165) is 15.1 Å². The van der Waals surface area contributed by atoms with E-state index in [2.05, 4.69) is 11.1 Å². The fraction of sp³-hybridized carbons (Fsp3) is 0.263. The van der Waals surface area contributed by atoms with Crippen LogP contribution in [0, 0.1) is 5.82 Å². The Morgan fingerprint density at radius 3 is 2.48 bits per heavy atom. The van der Waals surface area contributed by atoms with Crippen LogP contribution in [0.2, 0.25) is 0 Å². The minimum Gasteiger partial charge on any atom is -0.308 e. The van der Waals surface area contributed by atoms with Crippen molar-refractivity contribution in [2.24, 2.45) is 0 Å². The van der Waals surface area contributed by atoms with E-state index in [0.29, 0.717) is 23.8 Å². The van der Waals surface area contributed by atoms with Crippen LogP contribution in [0.15, 0.2) is 47.4 Å². The van der Waals surface area contributed by atoms with Gasteiger partial charge in [0.2, 0.25) is 0 Å². The standard InChI is InChI=1S/C19H20FN3OS2.ClH/c1-22(2)10-11-23(18(24)13-4-6-14(20)7-5-13)19-21-16-9-8-15(25-3)12-17(16)26-19;/h4-9,12H,10-11H2,1-3H3;1H. The highest BCUT2D eigenvalue weighted by Crippen LogP contribution is 2.32. The second-order valence-electron chi connectivity index (χ2n) is 6.10. The first-order chi connectivity index (χ1) is 12.5. The maximum Gasteiger partial charge on any atom is 0.260 e. The topological polar surface area (TPSA) is 36.4 Å². The fourth-order valence-electron chi connectivity index (χ4n) is 2.47. The van der Waals surface area contributed by atoms with Crippen molar-refractivity contribution in [2.75, 3.05) is 38.3 Å². The summed E-state index contributed by atoms with van der Waals surface area (Å²) in [6.45, 7) is 1.22. The van der Waals surface area contributed by atoms with Crippen LogP contribution < -0.4 is 4.90 Å². The summed E-state index contributed by atoms with van der Waals surface area (Å²) in [6.07, 6.45) is 2.03. The lowest BCUT2D eigenvalue weighted by Crippen LogP contribution is -2.36. The Bertz CT molecular complexity index is 915. The van der Waals surface area contributed by atoms with Crippen molar-refractivity contribution in [3.8, 4) is 0 Å². The quantitative estimate of drug-likeness (QED) is 0.532. The summed E-state index contributed by atoms with van der Waals surface area (Å²) < 4.78 is 14.2. The van der Waals surface area contributed by atoms with Gasteiger partial charge < -0.3 is 4.90 Å². The third-order valence-electron chi connectivity index (χ3n) is 3.92. The van der Waals surface area contributed by atoms with Crippen molar-refractivity contribution < 1.29 is 9.18 Å². The number of amides is 1. The van der Waals surface area contributed by atoms with Crippen molar-refractivity contribution >= 4 is 56.8 Å². The van der Waals surface area contributed by atoms with Crippen LogP contribution >= 0.6 is 35.5 Å². The predicted octanol–water partition coefficient (Wildman–Crippen LogP) is 4.79. The molecule has 0 saturated heterocycles. The first-order valence-electron chi connectivity index (χ1n) is 8.14. The van der Waals surface area contributed by atoms with E-state index in [-0.39, 0.29) is 24.1 Å². The summed E-state index contributed by atoms with van der Waals surface area (Å²) >= 11 is 3.18. The molecule has 1 aromatic heterocycles. The van der Waals surface area contributed by atoms with Crippen LogP contribution in [0.25, 0.3) is 10.2 Å². The number of carbonyl (C=O) groups excluding carboxylic acids is 1. The maximum atomic E-state index is 13.2. The zero-order valence-corrected chi connectivity index (χ0v) is 17.8. The number of aromatic nitrogens is 1. The Balaban J connectivity index is 0.00000261. The summed E-state index contributed by atoms with van der Waals surface area (Å²) in [5, 5.41) is 0.662. The number of fused-ring (bicyclic) bond motifs is 1. The molecule has 1 heterocycles. The SMILES string of the molecule is CSc1ccc2nc(N(CCN(C)C)C(=O)c3ccc(F)cc3)sc2c1.Cl. The monoisotopic (exact) mass is 425 g/mol. The number of likely N-dealkylation sites (N-methyl/N-ethyl adjacent to an activating group) is 1. The molecule has 0 radical (unpaired) electrons. The molecule has 0 aliphatic carbocycles. The lowest BCUT2D eigenvalue weighted by atomic mass is 10.2. The highest BCUT2D eigenvalue weighted by Gasteiger charge is 2.21. The number of benzene rings is 2. The van der Waals surface area contributed by atoms with Crippen LogP contribution in [0.5, 0.6) is 0 Å². The zero-order valence-electron chi connectivity index (χ0n) is 15.3. The molecule has 27 heavy (non-hydrogen) atoms. The number of nitrogens with zero attached hydrogens (tertiary/aromatic N) is 3. The second kappa shape index (κ2) is 9.50. The number of hydrogen-bond donors (Lipinski definition) is 0. The van der Waals surface area contributed by atoms with Gasteiger partial charge in [-0.3, -0.25) is 9.69 Å². The number of rotatable bonds is 6. The van der Waals surface area contributed by atoms with Gasteiger partial charge in [0.1, 0.15) is 5.82 Å². The number of halogens is 2. The Hall–Kier alpha value is -1.67. The normalized spacial score (nSPS) is 10.9. The van der Waals surface area contributed by atoms with E-state index in [1.807, 2.05) is 37.4 Å². The van der Waals surface area contributed by atoms with Gasteiger partial charge in [-0.15, -0.1) is 24.2 Å². The minimum absolute atomic E-state index is 0. The zero-order chi connectivity index (χ0) is 18.7. The third kappa shape index (κ3) is 5.19. The Labute approximate surface area is 172 Å². The van der Waals surface area contributed by atoms with Crippen molar-refractivity contribution in [2.45, 2.75) is 4.90 Å². The molecule has 0 fully saturated rings. The smallest absolute Gasteiger partial charge is 0.260 e. The second-order valence-corrected chi connectivity index (χ2v) is 7.99. The van der Waals surface area contributed by atoms with Gasteiger partial charge in [0.05, 0.1) is 10.2 Å². The van der Waals surface area contributed by atoms with Crippen LogP contribution in [0.4, 0.5) is 9.52 Å². The number of anilines is 1. The van der Waals surface area contributed by atoms with E-state index < -0.39 is 0 Å². The number of thioether (sulfide) groups is 1. The molecule has 0 bridgehead atoms. The highest BCUT2D eigenvalue weighted by molar-refractivity contribution is 7.98. The van der Waals surface area contributed by atoms with E-state index in [1.165, 1.54) is 35.6 Å². The molecular weight excluding hydrogens is 405 g/mol. The molecule has 0 unspecified atom stereocenters. The van der Waals surface area contributed by atoms with Crippen molar-refractivity contribution in [1.82, 2.24) is 9.88 Å². The molecule has 8 heteroatoms. The Kier molecular flexibility index (Phi) is 7.61. The first-order valence-corrected chi connectivity index (χ1v) is 10.2. The van der Waals surface area contributed by atoms with Crippen molar-refractivity contribution in [1.29, 1.82) is 0 Å². The van der Waals surface area contributed by atoms with Crippen LogP contribution in [0.3, 0.4) is 0 Å². The van der Waals surface area contributed by atoms with Gasteiger partial charge in [0.15, 0.2) is 5.13 Å². The molecule has 4 nitrogen and oxygen atoms in total. The molecule has 2 aromatic carbocycles. The summed E-state index contributed by atoms with van der Waals surface area (Å²) in [6, 6.07) is 11.7. The third-order valence-corrected chi connectivity index (χ3v) is 5.69. The summed E-state index contributed by atoms with van der Waals surface area (Å²) in [7, 11) is 3.92. The number of thiazole rings is 1. The van der Waals surface area contributed by atoms with E-state index in [9.17, 15) is 9.18 Å². The minimum atomic E-state index is -0.356. The van der Waals surface area contributed by atoms with Crippen LogP contribution in [-0.2, 0) is 0 Å². The molecule has 3 rings (SSSR count). The lowest BCUT2D eigenvalue weighted by molar-refractivity contribution is 0.0985. The summed E-state index contributed by atoms with van der Waals surface area (Å²) in [5.41, 5.74) is 1.33. The van der Waals surface area contributed by atoms with Crippen LogP contribution in [0.1, 0.15) is 10.4 Å². The summed E-state index contributed by atoms with van der Waals surface area (Å²) in [4.78, 5) is 22.5. The largest absolute Gasteiger partial charge is 0.308 e. The molecule has 0 saturated carbocycles. The maximum absolute atomic E-state index is 13.2. The van der Waals surface area contributed by atoms with Crippen LogP contribution in [-0.4, -0.2) is 49.2 Å². The van der Waals surface area contributed by atoms with E-state index >= 15 is 0 Å². The number of carbonyl (C=O) groups is 1. The van der Waals surface area contributed by atoms with Crippen molar-refractivity contribution in [3.05, 3.63) is 53.8 Å². The van der Waals surface area contributed by atoms with E-state index in [4.69, 9.17) is 0 Å². The molecule has 0 aliphatic heterocycles. The van der Waals surface area contributed by atoms with Gasteiger partial charge in [-0.1, -0.05) is 11.3 Å². The number of hydrogen-bond acceptors (Lipinski definition) is 5. The van der Waals surface area contributed by atoms with Gasteiger partial charge in [0, 0.05) is 23.5 Å². The summed E-state index contributed by atoms with van der Waals surface area (Å²) in [5.74, 6) is -0.526. The fourth-order valence-corrected chi connectivity index (χ4v) is 4.01. The molecular formula is C19H21ClFN3OS2. The van der Waals surface area contributed by atoms with Gasteiger partial charge in [-0.2, -0.15) is 0 Å². The lowest BCUT2D eigenvalue weighted by Gasteiger charge is -2.22. The van der Waals surface area contributed by atoms with Crippen molar-refractivity contribution in [3.63, 3.8) is 0 Å². The van der Waals surface area contributed by atoms with Gasteiger partial charge in [-0.05, 0) is 62.8 Å². The average Bonchev–Trinajstić information content (AvgIpc) is 3.04. The molecule has 0 atom stereocenters. The molecule has 1 amide bonds. The Morgan fingerprint density at radius 2 is 1.85 bits per heavy atom. The van der Waals surface area contributed by atoms with Gasteiger partial charge in [-0.25, -0.2) is 9.37 Å². The molecule has 0 spiro atoms. The van der Waals surface area contributed by atoms with E-state index in [1.54, 1.807) is 16.7 Å².